The van der Waals surface area contributed by atoms with Crippen LogP contribution in [0.15, 0.2) is 0 Å². The van der Waals surface area contributed by atoms with Crippen LogP contribution >= 0.6 is 0 Å². The molecule has 0 aliphatic carbocycles. The summed E-state index contributed by atoms with van der Waals surface area (Å²) in [5.74, 6) is 0. The summed E-state index contributed by atoms with van der Waals surface area (Å²) in [6, 6.07) is 0. The van der Waals surface area contributed by atoms with Crippen LogP contribution in [0.25, 0.3) is 0 Å². The van der Waals surface area contributed by atoms with Crippen LogP contribution in [0.2, 0.25) is 0 Å². The zero-order valence-electron chi connectivity index (χ0n) is 4.86. The Kier molecular flexibility index (Phi) is 44.0. The fourth-order valence-electron chi connectivity index (χ4n) is 0. The van der Waals surface area contributed by atoms with Crippen molar-refractivity contribution in [2.24, 2.45) is 0 Å². The van der Waals surface area contributed by atoms with E-state index in [9.17, 15) is 0 Å². The van der Waals surface area contributed by atoms with Crippen molar-refractivity contribution in [2.45, 2.75) is 0 Å². The number of hydrogen-bond donors (Lipinski definition) is 0. The smallest absolute Gasteiger partial charge is 2.00 e. The molecule has 0 aromatic heterocycles. The van der Waals surface area contributed by atoms with E-state index in [1.54, 1.807) is 0 Å². The van der Waals surface area contributed by atoms with E-state index < -0.39 is 39.2 Å². The van der Waals surface area contributed by atoms with Gasteiger partial charge in [0.05, 0.1) is 0 Å². The Morgan fingerprint density at radius 3 is 1.10 bits per heavy atom. The van der Waals surface area contributed by atoms with Crippen LogP contribution in [0.4, 0.5) is 0 Å². The van der Waals surface area contributed by atoms with E-state index >= 15 is 0 Å². The second-order valence-corrected chi connectivity index (χ2v) is 2.71. The Bertz CT molecular complexity index is 73.7. The van der Waals surface area contributed by atoms with Crippen LogP contribution < -0.4 is 14.3 Å². The van der Waals surface area contributed by atoms with E-state index in [4.69, 9.17) is 20.7 Å². The molecule has 0 fully saturated rings. The third kappa shape index (κ3) is 92.6. The van der Waals surface area contributed by atoms with Crippen molar-refractivity contribution < 1.29 is 39.3 Å². The molecular weight excluding hydrogens is 438 g/mol. The van der Waals surface area contributed by atoms with Gasteiger partial charge in [0.2, 0.25) is 0 Å². The average molecular weight is 438 g/mol. The van der Waals surface area contributed by atoms with Gasteiger partial charge >= 0.3 is 151 Å². The molecule has 0 aromatic rings. The first-order valence-electron chi connectivity index (χ1n) is 1.22. The van der Waals surface area contributed by atoms with E-state index in [0.717, 1.165) is 0 Å². The van der Waals surface area contributed by atoms with E-state index in [-0.39, 0.29) is 91.0 Å². The Morgan fingerprint density at radius 1 is 1.10 bits per heavy atom. The molecule has 0 spiro atoms. The Morgan fingerprint density at radius 2 is 1.10 bits per heavy atom. The van der Waals surface area contributed by atoms with E-state index in [0.29, 0.717) is 0 Å². The van der Waals surface area contributed by atoms with Crippen molar-refractivity contribution in [2.75, 3.05) is 0 Å². The molecule has 0 radical (unpaired) electrons. The molecule has 0 unspecified atom stereocenters. The molecule has 0 rings (SSSR count). The molecule has 0 atom stereocenters. The van der Waals surface area contributed by atoms with Crippen molar-refractivity contribution in [3.63, 3.8) is 0 Å². The predicted molar refractivity (Wildman–Crippen MR) is 18.6 cm³/mol. The molecule has 0 aliphatic rings. The van der Waals surface area contributed by atoms with Gasteiger partial charge < -0.3 is 0 Å². The van der Waals surface area contributed by atoms with Gasteiger partial charge in [0.15, 0.2) is 0 Å². The van der Waals surface area contributed by atoms with Gasteiger partial charge in [0.25, 0.3) is 0 Å². The zero-order chi connectivity index (χ0) is 7.15. The summed E-state index contributed by atoms with van der Waals surface area (Å²) in [5, 5.41) is 0. The van der Waals surface area contributed by atoms with Crippen molar-refractivity contribution in [1.29, 1.82) is 0 Å². The molecule has 0 aromatic carbocycles. The number of rotatable bonds is 0. The predicted octanol–water partition coefficient (Wildman–Crippen LogP) is -6.14. The van der Waals surface area contributed by atoms with Crippen LogP contribution in [-0.2, 0) is 25.0 Å². The minimum Gasteiger partial charge on any atom is 2.00 e. The van der Waals surface area contributed by atoms with Gasteiger partial charge in [-0.05, 0) is 0 Å². The van der Waals surface area contributed by atoms with Gasteiger partial charge in [-0.2, -0.15) is 0 Å². The minimum absolute atomic E-state index is 0. The normalized spacial score (nSPS) is 5.20. The molecular formula is O6SnSr2Ti. The van der Waals surface area contributed by atoms with Crippen LogP contribution in [0.1, 0.15) is 0 Å². The van der Waals surface area contributed by atoms with Gasteiger partial charge in [0.1, 0.15) is 0 Å². The summed E-state index contributed by atoms with van der Waals surface area (Å²) in [5.41, 5.74) is 0. The van der Waals surface area contributed by atoms with Crippen LogP contribution in [0.5, 0.6) is 0 Å². The molecule has 0 saturated carbocycles. The monoisotopic (exact) mass is 440 g/mol. The molecule has 6 nitrogen and oxygen atoms in total. The summed E-state index contributed by atoms with van der Waals surface area (Å²) in [6.07, 6.45) is 0. The quantitative estimate of drug-likeness (QED) is 0.347. The fourth-order valence-corrected chi connectivity index (χ4v) is 0. The molecule has 0 bridgehead atoms. The van der Waals surface area contributed by atoms with E-state index in [1.807, 2.05) is 0 Å². The molecule has 0 amide bonds. The SMILES string of the molecule is [O]=[Sn]([O-])[O-].[O]=[Ti]([O-])[O-].[Sr+2].[Sr+2]. The molecule has 0 aliphatic heterocycles. The van der Waals surface area contributed by atoms with Crippen molar-refractivity contribution in [3.05, 3.63) is 0 Å². The minimum atomic E-state index is -4.29. The Labute approximate surface area is 146 Å². The first-order valence-corrected chi connectivity index (χ1v) is 6.63. The average Bonchev–Trinajstić information content (AvgIpc) is 1.25. The van der Waals surface area contributed by atoms with Gasteiger partial charge in [-0.25, -0.2) is 0 Å². The largest absolute Gasteiger partial charge is 2.00 e. The van der Waals surface area contributed by atoms with Gasteiger partial charge in [-0.15, -0.1) is 0 Å². The topological polar surface area (TPSA) is 126 Å². The van der Waals surface area contributed by atoms with Crippen LogP contribution in [-0.4, -0.2) is 112 Å². The molecule has 0 N–H and O–H groups in total. The summed E-state index contributed by atoms with van der Waals surface area (Å²) in [4.78, 5) is 0. The third-order valence-electron chi connectivity index (χ3n) is 0. The summed E-state index contributed by atoms with van der Waals surface area (Å²) < 4.78 is 51.6. The summed E-state index contributed by atoms with van der Waals surface area (Å²) >= 11 is -8.38. The third-order valence-corrected chi connectivity index (χ3v) is 0. The van der Waals surface area contributed by atoms with E-state index in [2.05, 4.69) is 0 Å². The van der Waals surface area contributed by atoms with Crippen LogP contribution in [0, 0.1) is 0 Å². The fraction of sp³-hybridized carbons (Fsp3) is 0. The van der Waals surface area contributed by atoms with Crippen LogP contribution in [0.3, 0.4) is 0 Å². The second-order valence-electron chi connectivity index (χ2n) is 0.500. The summed E-state index contributed by atoms with van der Waals surface area (Å²) in [6.45, 7) is 0. The van der Waals surface area contributed by atoms with Crippen molar-refractivity contribution >= 4 is 112 Å². The maximum atomic E-state index is 8.61. The Balaban J connectivity index is -0.0000000300. The second kappa shape index (κ2) is 18.6. The van der Waals surface area contributed by atoms with Gasteiger partial charge in [-0.3, -0.25) is 0 Å². The molecule has 10 heteroatoms. The van der Waals surface area contributed by atoms with Crippen molar-refractivity contribution in [3.8, 4) is 0 Å². The molecule has 48 valence electrons. The zero-order valence-corrected chi connectivity index (χ0v) is 16.2. The maximum Gasteiger partial charge on any atom is 2.00 e. The van der Waals surface area contributed by atoms with Gasteiger partial charge in [-0.1, -0.05) is 0 Å². The first-order chi connectivity index (χ1) is 3.46. The summed E-state index contributed by atoms with van der Waals surface area (Å²) in [7, 11) is 0. The molecule has 0 saturated heterocycles. The van der Waals surface area contributed by atoms with Gasteiger partial charge in [0, 0.05) is 0 Å². The number of hydrogen-bond acceptors (Lipinski definition) is 6. The van der Waals surface area contributed by atoms with Crippen molar-refractivity contribution in [1.82, 2.24) is 0 Å². The standard InChI is InChI=1S/6O.Sn.2Sr.Ti/q;;4*-1;;2*+2;. The molecule has 0 heterocycles. The maximum absolute atomic E-state index is 8.61. The molecule has 10 heavy (non-hydrogen) atoms. The van der Waals surface area contributed by atoms with E-state index in [1.165, 1.54) is 0 Å². The Hall–Kier alpha value is 3.91. The first kappa shape index (κ1) is 23.6.